The molecule has 0 spiro atoms. The van der Waals surface area contributed by atoms with Gasteiger partial charge in [-0.1, -0.05) is 0 Å². The average molecular weight is 259 g/mol. The van der Waals surface area contributed by atoms with Gasteiger partial charge in [-0.25, -0.2) is 0 Å². The highest BCUT2D eigenvalue weighted by molar-refractivity contribution is 5.82. The monoisotopic (exact) mass is 259 g/mol. The molecule has 0 bridgehead atoms. The van der Waals surface area contributed by atoms with Crippen LogP contribution in [0.25, 0.3) is 0 Å². The molecule has 1 saturated heterocycles. The van der Waals surface area contributed by atoms with Gasteiger partial charge in [0.1, 0.15) is 5.78 Å². The van der Waals surface area contributed by atoms with Crippen molar-refractivity contribution in [1.29, 1.82) is 0 Å². The molecule has 0 N–H and O–H groups in total. The lowest BCUT2D eigenvalue weighted by molar-refractivity contribution is -0.131. The summed E-state index contributed by atoms with van der Waals surface area (Å²) >= 11 is 0. The highest BCUT2D eigenvalue weighted by Crippen LogP contribution is 2.13. The first kappa shape index (κ1) is 15.6. The second kappa shape index (κ2) is 8.58. The van der Waals surface area contributed by atoms with Crippen molar-refractivity contribution in [2.45, 2.75) is 19.4 Å². The van der Waals surface area contributed by atoms with Crippen LogP contribution in [0.1, 0.15) is 13.3 Å². The number of hydrogen-bond donors (Lipinski definition) is 0. The molecule has 0 aromatic carbocycles. The van der Waals surface area contributed by atoms with Crippen LogP contribution in [0.4, 0.5) is 0 Å². The normalized spacial score (nSPS) is 22.4. The number of nitrogens with zero attached hydrogens (tertiary/aromatic N) is 1. The summed E-state index contributed by atoms with van der Waals surface area (Å²) < 4.78 is 15.7. The van der Waals surface area contributed by atoms with Gasteiger partial charge in [-0.15, -0.1) is 0 Å². The molecule has 1 aliphatic heterocycles. The van der Waals surface area contributed by atoms with E-state index in [2.05, 4.69) is 11.8 Å². The van der Waals surface area contributed by atoms with E-state index in [1.54, 1.807) is 14.2 Å². The van der Waals surface area contributed by atoms with Crippen LogP contribution in [0.5, 0.6) is 0 Å². The Hall–Kier alpha value is -0.490. The van der Waals surface area contributed by atoms with Gasteiger partial charge in [-0.05, 0) is 6.92 Å². The fourth-order valence-corrected chi connectivity index (χ4v) is 2.18. The molecule has 1 fully saturated rings. The molecule has 1 heterocycles. The van der Waals surface area contributed by atoms with Crippen LogP contribution in [-0.2, 0) is 19.0 Å². The molecule has 0 radical (unpaired) electrons. The van der Waals surface area contributed by atoms with Gasteiger partial charge in [0.15, 0.2) is 0 Å². The predicted molar refractivity (Wildman–Crippen MR) is 68.7 cm³/mol. The first-order chi connectivity index (χ1) is 8.69. The maximum Gasteiger partial charge on any atom is 0.141 e. The summed E-state index contributed by atoms with van der Waals surface area (Å²) in [4.78, 5) is 14.1. The molecule has 1 aliphatic rings. The van der Waals surface area contributed by atoms with Crippen LogP contribution in [-0.4, -0.2) is 70.5 Å². The van der Waals surface area contributed by atoms with E-state index < -0.39 is 0 Å². The van der Waals surface area contributed by atoms with Gasteiger partial charge in [0.25, 0.3) is 0 Å². The van der Waals surface area contributed by atoms with Crippen LogP contribution in [0.2, 0.25) is 0 Å². The van der Waals surface area contributed by atoms with Gasteiger partial charge >= 0.3 is 0 Å². The number of ketones is 1. The fourth-order valence-electron chi connectivity index (χ4n) is 2.18. The van der Waals surface area contributed by atoms with E-state index in [1.807, 2.05) is 0 Å². The minimum atomic E-state index is -0.00471. The topological polar surface area (TPSA) is 48.0 Å². The quantitative estimate of drug-likeness (QED) is 0.638. The Morgan fingerprint density at radius 2 is 2.22 bits per heavy atom. The number of rotatable bonds is 8. The summed E-state index contributed by atoms with van der Waals surface area (Å²) in [5.74, 6) is 0.309. The maximum absolute atomic E-state index is 11.8. The Kier molecular flexibility index (Phi) is 7.42. The molecule has 1 rings (SSSR count). The number of carbonyl (C=O) groups excluding carboxylic acids is 1. The zero-order valence-corrected chi connectivity index (χ0v) is 11.7. The summed E-state index contributed by atoms with van der Waals surface area (Å²) in [7, 11) is 3.38. The van der Waals surface area contributed by atoms with E-state index in [9.17, 15) is 4.79 Å². The van der Waals surface area contributed by atoms with Crippen molar-refractivity contribution in [3.63, 3.8) is 0 Å². The Morgan fingerprint density at radius 1 is 1.44 bits per heavy atom. The first-order valence-corrected chi connectivity index (χ1v) is 6.51. The van der Waals surface area contributed by atoms with Crippen molar-refractivity contribution in [2.24, 2.45) is 5.92 Å². The Morgan fingerprint density at radius 3 is 2.83 bits per heavy atom. The van der Waals surface area contributed by atoms with Gasteiger partial charge in [-0.2, -0.15) is 0 Å². The highest BCUT2D eigenvalue weighted by Gasteiger charge is 2.26. The van der Waals surface area contributed by atoms with Crippen molar-refractivity contribution < 1.29 is 19.0 Å². The lowest BCUT2D eigenvalue weighted by Gasteiger charge is -2.32. The van der Waals surface area contributed by atoms with E-state index in [-0.39, 0.29) is 12.0 Å². The number of hydrogen-bond acceptors (Lipinski definition) is 5. The summed E-state index contributed by atoms with van der Waals surface area (Å²) in [6, 6.07) is 0.278. The average Bonchev–Trinajstić information content (AvgIpc) is 2.36. The fraction of sp³-hybridized carbons (Fsp3) is 0.923. The van der Waals surface area contributed by atoms with E-state index >= 15 is 0 Å². The van der Waals surface area contributed by atoms with Gasteiger partial charge in [0.05, 0.1) is 32.3 Å². The van der Waals surface area contributed by atoms with Gasteiger partial charge in [-0.3, -0.25) is 9.69 Å². The Bertz CT molecular complexity index is 247. The minimum absolute atomic E-state index is 0.00471. The smallest absolute Gasteiger partial charge is 0.141 e. The standard InChI is InChI=1S/C13H25NO4/c1-11(9-17-3)14(5-7-16-2)8-12-10-18-6-4-13(12)15/h11-12H,4-10H2,1-3H3. The van der Waals surface area contributed by atoms with E-state index in [4.69, 9.17) is 14.2 Å². The molecule has 2 unspecified atom stereocenters. The Labute approximate surface area is 109 Å². The highest BCUT2D eigenvalue weighted by atomic mass is 16.5. The zero-order valence-electron chi connectivity index (χ0n) is 11.7. The SMILES string of the molecule is COCCN(CC1COCCC1=O)C(C)COC. The summed E-state index contributed by atoms with van der Waals surface area (Å²) in [6.45, 7) is 6.08. The molecule has 5 heteroatoms. The number of carbonyl (C=O) groups is 1. The van der Waals surface area contributed by atoms with Crippen molar-refractivity contribution in [1.82, 2.24) is 4.90 Å². The van der Waals surface area contributed by atoms with E-state index in [0.29, 0.717) is 38.6 Å². The molecular weight excluding hydrogens is 234 g/mol. The second-order valence-electron chi connectivity index (χ2n) is 4.78. The molecule has 106 valence electrons. The second-order valence-corrected chi connectivity index (χ2v) is 4.78. The lowest BCUT2D eigenvalue weighted by atomic mass is 9.99. The molecule has 0 aromatic rings. The number of ether oxygens (including phenoxy) is 3. The van der Waals surface area contributed by atoms with Crippen molar-refractivity contribution >= 4 is 5.78 Å². The number of Topliss-reactive ketones (excluding diaryl/α,β-unsaturated/α-hetero) is 1. The van der Waals surface area contributed by atoms with Crippen LogP contribution in [0.3, 0.4) is 0 Å². The molecule has 0 amide bonds. The minimum Gasteiger partial charge on any atom is -0.383 e. The van der Waals surface area contributed by atoms with Crippen molar-refractivity contribution in [3.8, 4) is 0 Å². The molecule has 5 nitrogen and oxygen atoms in total. The third-order valence-corrected chi connectivity index (χ3v) is 3.34. The molecule has 0 aliphatic carbocycles. The third kappa shape index (κ3) is 5.02. The zero-order chi connectivity index (χ0) is 13.4. The van der Waals surface area contributed by atoms with Gasteiger partial charge in [0, 0.05) is 39.8 Å². The molecular formula is C13H25NO4. The van der Waals surface area contributed by atoms with Crippen molar-refractivity contribution in [2.75, 3.05) is 53.7 Å². The van der Waals surface area contributed by atoms with Gasteiger partial charge < -0.3 is 14.2 Å². The molecule has 0 saturated carbocycles. The van der Waals surface area contributed by atoms with E-state index in [0.717, 1.165) is 13.1 Å². The Balaban J connectivity index is 2.50. The summed E-state index contributed by atoms with van der Waals surface area (Å²) in [5, 5.41) is 0. The maximum atomic E-state index is 11.8. The largest absolute Gasteiger partial charge is 0.383 e. The van der Waals surface area contributed by atoms with Crippen LogP contribution in [0, 0.1) is 5.92 Å². The molecule has 0 aromatic heterocycles. The first-order valence-electron chi connectivity index (χ1n) is 6.51. The van der Waals surface area contributed by atoms with Crippen LogP contribution < -0.4 is 0 Å². The summed E-state index contributed by atoms with van der Waals surface area (Å²) in [6.07, 6.45) is 0.543. The number of methoxy groups -OCH3 is 2. The summed E-state index contributed by atoms with van der Waals surface area (Å²) in [5.41, 5.74) is 0. The predicted octanol–water partition coefficient (Wildman–Crippen LogP) is 0.575. The molecule has 2 atom stereocenters. The van der Waals surface area contributed by atoms with E-state index in [1.165, 1.54) is 0 Å². The van der Waals surface area contributed by atoms with Gasteiger partial charge in [0.2, 0.25) is 0 Å². The van der Waals surface area contributed by atoms with Crippen LogP contribution in [0.15, 0.2) is 0 Å². The lowest BCUT2D eigenvalue weighted by Crippen LogP contribution is -2.45. The third-order valence-electron chi connectivity index (χ3n) is 3.34. The van der Waals surface area contributed by atoms with Crippen LogP contribution >= 0.6 is 0 Å². The van der Waals surface area contributed by atoms with Crippen molar-refractivity contribution in [3.05, 3.63) is 0 Å². The molecule has 18 heavy (non-hydrogen) atoms.